The average molecular weight is 252 g/mol. The Morgan fingerprint density at radius 1 is 1.59 bits per heavy atom. The number of thiazole rings is 1. The third kappa shape index (κ3) is 2.85. The van der Waals surface area contributed by atoms with E-state index in [4.69, 9.17) is 9.84 Å². The quantitative estimate of drug-likeness (QED) is 0.853. The number of ether oxygens (including phenoxy) is 1. The maximum atomic E-state index is 10.4. The van der Waals surface area contributed by atoms with E-state index >= 15 is 0 Å². The van der Waals surface area contributed by atoms with E-state index in [9.17, 15) is 4.79 Å². The lowest BCUT2D eigenvalue weighted by Gasteiger charge is -2.00. The van der Waals surface area contributed by atoms with Crippen LogP contribution in [0, 0.1) is 0 Å². The number of rotatable bonds is 5. The van der Waals surface area contributed by atoms with Crippen LogP contribution in [-0.4, -0.2) is 29.2 Å². The Bertz CT molecular complexity index is 538. The van der Waals surface area contributed by atoms with Gasteiger partial charge in [-0.1, -0.05) is 11.3 Å². The Labute approximate surface area is 102 Å². The van der Waals surface area contributed by atoms with Gasteiger partial charge >= 0.3 is 5.97 Å². The van der Waals surface area contributed by atoms with Gasteiger partial charge < -0.3 is 15.2 Å². The number of carboxylic acids is 1. The van der Waals surface area contributed by atoms with E-state index in [2.05, 4.69) is 10.3 Å². The standard InChI is InChI=1S/C11H12N2O3S/c1-2-16-7-3-4-8-9(5-7)17-11(13-8)12-6-10(14)15/h3-5H,2,6H2,1H3,(H,12,13)(H,14,15). The van der Waals surface area contributed by atoms with Crippen molar-refractivity contribution in [2.45, 2.75) is 6.92 Å². The monoisotopic (exact) mass is 252 g/mol. The largest absolute Gasteiger partial charge is 0.494 e. The molecule has 6 heteroatoms. The van der Waals surface area contributed by atoms with Crippen molar-refractivity contribution in [3.8, 4) is 5.75 Å². The Balaban J connectivity index is 2.21. The molecule has 90 valence electrons. The molecule has 2 rings (SSSR count). The third-order valence-corrected chi connectivity index (χ3v) is 3.04. The lowest BCUT2D eigenvalue weighted by Crippen LogP contribution is -2.11. The highest BCUT2D eigenvalue weighted by Gasteiger charge is 2.06. The third-order valence-electron chi connectivity index (χ3n) is 2.06. The summed E-state index contributed by atoms with van der Waals surface area (Å²) in [5.41, 5.74) is 0.839. The van der Waals surface area contributed by atoms with E-state index in [1.807, 2.05) is 25.1 Å². The Kier molecular flexibility index (Phi) is 3.43. The first-order valence-electron chi connectivity index (χ1n) is 5.18. The van der Waals surface area contributed by atoms with Crippen LogP contribution in [0.3, 0.4) is 0 Å². The SMILES string of the molecule is CCOc1ccc2nc(NCC(=O)O)sc2c1. The maximum absolute atomic E-state index is 10.4. The van der Waals surface area contributed by atoms with E-state index in [1.165, 1.54) is 11.3 Å². The van der Waals surface area contributed by atoms with Gasteiger partial charge in [0, 0.05) is 0 Å². The van der Waals surface area contributed by atoms with E-state index in [-0.39, 0.29) is 6.54 Å². The van der Waals surface area contributed by atoms with Gasteiger partial charge in [0.05, 0.1) is 16.8 Å². The van der Waals surface area contributed by atoms with Crippen molar-refractivity contribution in [2.75, 3.05) is 18.5 Å². The maximum Gasteiger partial charge on any atom is 0.322 e. The van der Waals surface area contributed by atoms with Crippen LogP contribution in [-0.2, 0) is 4.79 Å². The lowest BCUT2D eigenvalue weighted by atomic mass is 10.3. The Morgan fingerprint density at radius 2 is 2.41 bits per heavy atom. The molecule has 0 saturated heterocycles. The molecule has 1 aromatic carbocycles. The second-order valence-electron chi connectivity index (χ2n) is 3.33. The molecule has 0 amide bonds. The van der Waals surface area contributed by atoms with Gasteiger partial charge in [-0.05, 0) is 25.1 Å². The van der Waals surface area contributed by atoms with E-state index in [1.54, 1.807) is 0 Å². The van der Waals surface area contributed by atoms with Crippen LogP contribution >= 0.6 is 11.3 Å². The van der Waals surface area contributed by atoms with Crippen molar-refractivity contribution in [2.24, 2.45) is 0 Å². The van der Waals surface area contributed by atoms with Crippen molar-refractivity contribution in [3.63, 3.8) is 0 Å². The number of carboxylic acid groups (broad SMARTS) is 1. The molecule has 0 saturated carbocycles. The number of nitrogens with zero attached hydrogens (tertiary/aromatic N) is 1. The summed E-state index contributed by atoms with van der Waals surface area (Å²) in [6.07, 6.45) is 0. The second-order valence-corrected chi connectivity index (χ2v) is 4.36. The smallest absolute Gasteiger partial charge is 0.322 e. The second kappa shape index (κ2) is 5.01. The van der Waals surface area contributed by atoms with Gasteiger partial charge in [-0.3, -0.25) is 4.79 Å². The molecule has 2 aromatic rings. The average Bonchev–Trinajstić information content (AvgIpc) is 2.69. The summed E-state index contributed by atoms with van der Waals surface area (Å²) in [4.78, 5) is 14.7. The Morgan fingerprint density at radius 3 is 3.12 bits per heavy atom. The topological polar surface area (TPSA) is 71.5 Å². The molecule has 0 bridgehead atoms. The van der Waals surface area contributed by atoms with E-state index in [0.717, 1.165) is 16.0 Å². The van der Waals surface area contributed by atoms with E-state index < -0.39 is 5.97 Å². The van der Waals surface area contributed by atoms with Gasteiger partial charge in [0.15, 0.2) is 5.13 Å². The van der Waals surface area contributed by atoms with Crippen LogP contribution in [0.25, 0.3) is 10.2 Å². The molecular formula is C11H12N2O3S. The van der Waals surface area contributed by atoms with Crippen LogP contribution in [0.4, 0.5) is 5.13 Å². The number of anilines is 1. The van der Waals surface area contributed by atoms with Crippen molar-refractivity contribution in [1.29, 1.82) is 0 Å². The van der Waals surface area contributed by atoms with Gasteiger partial charge in [0.25, 0.3) is 0 Å². The first kappa shape index (κ1) is 11.7. The molecule has 0 aliphatic rings. The number of hydrogen-bond donors (Lipinski definition) is 2. The highest BCUT2D eigenvalue weighted by Crippen LogP contribution is 2.29. The summed E-state index contributed by atoms with van der Waals surface area (Å²) < 4.78 is 6.36. The van der Waals surface area contributed by atoms with Gasteiger partial charge in [0.1, 0.15) is 12.3 Å². The fraction of sp³-hybridized carbons (Fsp3) is 0.273. The van der Waals surface area contributed by atoms with Crippen molar-refractivity contribution >= 4 is 32.7 Å². The summed E-state index contributed by atoms with van der Waals surface area (Å²) in [6, 6.07) is 5.62. The number of aromatic nitrogens is 1. The van der Waals surface area contributed by atoms with Crippen LogP contribution in [0.15, 0.2) is 18.2 Å². The molecule has 17 heavy (non-hydrogen) atoms. The zero-order chi connectivity index (χ0) is 12.3. The zero-order valence-corrected chi connectivity index (χ0v) is 10.1. The molecule has 0 aliphatic heterocycles. The first-order chi connectivity index (χ1) is 8.19. The normalized spacial score (nSPS) is 10.4. The Hall–Kier alpha value is -1.82. The predicted octanol–water partition coefficient (Wildman–Crippen LogP) is 2.19. The molecule has 0 radical (unpaired) electrons. The minimum Gasteiger partial charge on any atom is -0.494 e. The fourth-order valence-electron chi connectivity index (χ4n) is 1.39. The fourth-order valence-corrected chi connectivity index (χ4v) is 2.28. The molecule has 0 fully saturated rings. The summed E-state index contributed by atoms with van der Waals surface area (Å²) in [7, 11) is 0. The summed E-state index contributed by atoms with van der Waals surface area (Å²) >= 11 is 1.41. The molecule has 0 spiro atoms. The van der Waals surface area contributed by atoms with Crippen LogP contribution in [0.1, 0.15) is 6.92 Å². The number of aliphatic carboxylic acids is 1. The molecule has 2 N–H and O–H groups in total. The molecule has 0 atom stereocenters. The summed E-state index contributed by atoms with van der Waals surface area (Å²) in [5.74, 6) is -0.104. The predicted molar refractivity (Wildman–Crippen MR) is 66.9 cm³/mol. The molecule has 0 aliphatic carbocycles. The molecule has 5 nitrogen and oxygen atoms in total. The van der Waals surface area contributed by atoms with E-state index in [0.29, 0.717) is 11.7 Å². The van der Waals surface area contributed by atoms with Crippen molar-refractivity contribution in [1.82, 2.24) is 4.98 Å². The van der Waals surface area contributed by atoms with Gasteiger partial charge in [-0.25, -0.2) is 4.98 Å². The van der Waals surface area contributed by atoms with Gasteiger partial charge in [-0.2, -0.15) is 0 Å². The van der Waals surface area contributed by atoms with Gasteiger partial charge in [-0.15, -0.1) is 0 Å². The number of carbonyl (C=O) groups is 1. The van der Waals surface area contributed by atoms with Crippen LogP contribution < -0.4 is 10.1 Å². The summed E-state index contributed by atoms with van der Waals surface area (Å²) in [6.45, 7) is 2.42. The molecule has 1 aromatic heterocycles. The molecule has 1 heterocycles. The number of benzene rings is 1. The summed E-state index contributed by atoms with van der Waals surface area (Å²) in [5, 5.41) is 11.9. The van der Waals surface area contributed by atoms with Crippen molar-refractivity contribution in [3.05, 3.63) is 18.2 Å². The lowest BCUT2D eigenvalue weighted by molar-refractivity contribution is -0.134. The molecular weight excluding hydrogens is 240 g/mol. The minimum atomic E-state index is -0.903. The number of fused-ring (bicyclic) bond motifs is 1. The van der Waals surface area contributed by atoms with Crippen molar-refractivity contribution < 1.29 is 14.6 Å². The van der Waals surface area contributed by atoms with Gasteiger partial charge in [0.2, 0.25) is 0 Å². The minimum absolute atomic E-state index is 0.127. The highest BCUT2D eigenvalue weighted by molar-refractivity contribution is 7.22. The number of nitrogens with one attached hydrogen (secondary N) is 1. The molecule has 0 unspecified atom stereocenters. The van der Waals surface area contributed by atoms with Crippen LogP contribution in [0.2, 0.25) is 0 Å². The number of hydrogen-bond acceptors (Lipinski definition) is 5. The first-order valence-corrected chi connectivity index (χ1v) is 5.99. The zero-order valence-electron chi connectivity index (χ0n) is 9.27. The highest BCUT2D eigenvalue weighted by atomic mass is 32.1. The van der Waals surface area contributed by atoms with Crippen LogP contribution in [0.5, 0.6) is 5.75 Å².